The van der Waals surface area contributed by atoms with Gasteiger partial charge in [0.25, 0.3) is 0 Å². The van der Waals surface area contributed by atoms with Gasteiger partial charge in [-0.15, -0.1) is 0 Å². The molecule has 2 aromatic carbocycles. The number of anilines is 2. The summed E-state index contributed by atoms with van der Waals surface area (Å²) in [5.74, 6) is 0.549. The Morgan fingerprint density at radius 3 is 2.48 bits per heavy atom. The minimum atomic E-state index is -0.685. The van der Waals surface area contributed by atoms with Crippen molar-refractivity contribution in [2.45, 2.75) is 0 Å². The summed E-state index contributed by atoms with van der Waals surface area (Å²) in [6.45, 7) is 0. The summed E-state index contributed by atoms with van der Waals surface area (Å²) >= 11 is 0. The molecule has 1 N–H and O–H groups in total. The van der Waals surface area contributed by atoms with Gasteiger partial charge < -0.3 is 9.64 Å². The third kappa shape index (κ3) is 4.74. The fourth-order valence-electron chi connectivity index (χ4n) is 1.87. The summed E-state index contributed by atoms with van der Waals surface area (Å²) in [5.41, 5.74) is 2.43. The van der Waals surface area contributed by atoms with Crippen molar-refractivity contribution >= 4 is 23.7 Å². The van der Waals surface area contributed by atoms with Crippen LogP contribution in [0.15, 0.2) is 53.7 Å². The van der Waals surface area contributed by atoms with Gasteiger partial charge in [0.05, 0.1) is 19.0 Å². The van der Waals surface area contributed by atoms with E-state index in [1.54, 1.807) is 18.2 Å². The lowest BCUT2D eigenvalue weighted by atomic mass is 10.2. The third-order valence-electron chi connectivity index (χ3n) is 3.09. The van der Waals surface area contributed by atoms with E-state index in [-0.39, 0.29) is 0 Å². The number of rotatable bonds is 5. The molecule has 1 amide bonds. The maximum atomic E-state index is 11.7. The molecule has 0 bridgehead atoms. The van der Waals surface area contributed by atoms with Crippen molar-refractivity contribution < 1.29 is 14.4 Å². The Balaban J connectivity index is 1.91. The van der Waals surface area contributed by atoms with Crippen LogP contribution in [0.3, 0.4) is 0 Å². The molecule has 2 rings (SSSR count). The molecular weight excluding hydrogens is 294 g/mol. The topological polar surface area (TPSA) is 63.2 Å². The predicted molar refractivity (Wildman–Crippen MR) is 91.5 cm³/mol. The van der Waals surface area contributed by atoms with Crippen molar-refractivity contribution in [3.8, 4) is 5.75 Å². The van der Waals surface area contributed by atoms with E-state index in [2.05, 4.69) is 10.5 Å². The number of nitrogens with one attached hydrogen (secondary N) is 1. The molecule has 0 aromatic heterocycles. The zero-order chi connectivity index (χ0) is 16.7. The SMILES string of the molecule is COc1ccccc1NC(=O)ON=Cc1ccc(N(C)C)cc1. The second kappa shape index (κ2) is 7.84. The van der Waals surface area contributed by atoms with Crippen molar-refractivity contribution in [3.63, 3.8) is 0 Å². The molecule has 0 spiro atoms. The van der Waals surface area contributed by atoms with Gasteiger partial charge in [0.15, 0.2) is 0 Å². The molecule has 23 heavy (non-hydrogen) atoms. The first-order chi connectivity index (χ1) is 11.1. The summed E-state index contributed by atoms with van der Waals surface area (Å²) in [6.07, 6.45) is 0.789. The normalized spacial score (nSPS) is 10.4. The Hall–Kier alpha value is -3.02. The van der Waals surface area contributed by atoms with Gasteiger partial charge >= 0.3 is 6.09 Å². The van der Waals surface area contributed by atoms with E-state index in [1.165, 1.54) is 13.3 Å². The Morgan fingerprint density at radius 1 is 1.13 bits per heavy atom. The Kier molecular flexibility index (Phi) is 5.57. The average Bonchev–Trinajstić information content (AvgIpc) is 2.56. The summed E-state index contributed by atoms with van der Waals surface area (Å²) in [4.78, 5) is 18.5. The van der Waals surface area contributed by atoms with E-state index in [1.807, 2.05) is 49.3 Å². The molecule has 0 aliphatic carbocycles. The second-order valence-electron chi connectivity index (χ2n) is 4.92. The lowest BCUT2D eigenvalue weighted by Gasteiger charge is -2.11. The zero-order valence-corrected chi connectivity index (χ0v) is 13.3. The lowest BCUT2D eigenvalue weighted by Crippen LogP contribution is -2.11. The highest BCUT2D eigenvalue weighted by molar-refractivity contribution is 5.87. The number of benzene rings is 2. The second-order valence-corrected chi connectivity index (χ2v) is 4.92. The maximum Gasteiger partial charge on any atom is 0.437 e. The zero-order valence-electron chi connectivity index (χ0n) is 13.3. The van der Waals surface area contributed by atoms with Crippen LogP contribution in [0.4, 0.5) is 16.2 Å². The van der Waals surface area contributed by atoms with Crippen LogP contribution in [-0.4, -0.2) is 33.5 Å². The van der Waals surface area contributed by atoms with Gasteiger partial charge in [0.1, 0.15) is 5.75 Å². The first-order valence-electron chi connectivity index (χ1n) is 7.02. The predicted octanol–water partition coefficient (Wildman–Crippen LogP) is 3.34. The molecule has 0 aliphatic rings. The fourth-order valence-corrected chi connectivity index (χ4v) is 1.87. The van der Waals surface area contributed by atoms with Gasteiger partial charge in [0.2, 0.25) is 0 Å². The van der Waals surface area contributed by atoms with Crippen LogP contribution in [0.5, 0.6) is 5.75 Å². The van der Waals surface area contributed by atoms with Crippen LogP contribution in [-0.2, 0) is 4.84 Å². The number of ether oxygens (including phenoxy) is 1. The Bertz CT molecular complexity index is 682. The van der Waals surface area contributed by atoms with Gasteiger partial charge in [-0.25, -0.2) is 4.79 Å². The van der Waals surface area contributed by atoms with Gasteiger partial charge in [-0.1, -0.05) is 29.4 Å². The van der Waals surface area contributed by atoms with Gasteiger partial charge in [0, 0.05) is 19.8 Å². The molecule has 0 radical (unpaired) electrons. The van der Waals surface area contributed by atoms with Crippen LogP contribution >= 0.6 is 0 Å². The number of nitrogens with zero attached hydrogens (tertiary/aromatic N) is 2. The van der Waals surface area contributed by atoms with Gasteiger partial charge in [-0.3, -0.25) is 10.2 Å². The third-order valence-corrected chi connectivity index (χ3v) is 3.09. The number of carbonyl (C=O) groups excluding carboxylic acids is 1. The minimum absolute atomic E-state index is 0.519. The van der Waals surface area contributed by atoms with E-state index < -0.39 is 6.09 Å². The maximum absolute atomic E-state index is 11.7. The quantitative estimate of drug-likeness (QED) is 0.522. The highest BCUT2D eigenvalue weighted by Gasteiger charge is 2.07. The van der Waals surface area contributed by atoms with Crippen molar-refractivity contribution in [2.24, 2.45) is 5.16 Å². The molecule has 0 atom stereocenters. The average molecular weight is 313 g/mol. The highest BCUT2D eigenvalue weighted by atomic mass is 16.7. The Morgan fingerprint density at radius 2 is 1.83 bits per heavy atom. The lowest BCUT2D eigenvalue weighted by molar-refractivity contribution is 0.167. The standard InChI is InChI=1S/C17H19N3O3/c1-20(2)14-10-8-13(9-11-14)12-18-23-17(21)19-15-6-4-5-7-16(15)22-3/h4-12H,1-3H3,(H,19,21). The molecule has 120 valence electrons. The molecular formula is C17H19N3O3. The number of hydrogen-bond donors (Lipinski definition) is 1. The van der Waals surface area contributed by atoms with Crippen molar-refractivity contribution in [1.82, 2.24) is 0 Å². The van der Waals surface area contributed by atoms with Crippen molar-refractivity contribution in [3.05, 3.63) is 54.1 Å². The molecule has 0 saturated carbocycles. The number of amides is 1. The molecule has 2 aromatic rings. The van der Waals surface area contributed by atoms with Gasteiger partial charge in [-0.05, 0) is 29.8 Å². The molecule has 0 fully saturated rings. The van der Waals surface area contributed by atoms with Crippen LogP contribution in [0, 0.1) is 0 Å². The van der Waals surface area contributed by atoms with Crippen LogP contribution in [0.2, 0.25) is 0 Å². The Labute approximate surface area is 135 Å². The van der Waals surface area contributed by atoms with Gasteiger partial charge in [-0.2, -0.15) is 0 Å². The fraction of sp³-hybridized carbons (Fsp3) is 0.176. The molecule has 0 heterocycles. The number of methoxy groups -OCH3 is 1. The van der Waals surface area contributed by atoms with E-state index >= 15 is 0 Å². The first kappa shape index (κ1) is 16.4. The first-order valence-corrected chi connectivity index (χ1v) is 7.02. The summed E-state index contributed by atoms with van der Waals surface area (Å²) < 4.78 is 5.14. The number of carbonyl (C=O) groups is 1. The summed E-state index contributed by atoms with van der Waals surface area (Å²) in [5, 5.41) is 6.24. The molecule has 0 aliphatic heterocycles. The molecule has 0 saturated heterocycles. The molecule has 6 heteroatoms. The monoisotopic (exact) mass is 313 g/mol. The van der Waals surface area contributed by atoms with E-state index in [9.17, 15) is 4.79 Å². The largest absolute Gasteiger partial charge is 0.495 e. The smallest absolute Gasteiger partial charge is 0.437 e. The van der Waals surface area contributed by atoms with Crippen LogP contribution < -0.4 is 15.0 Å². The van der Waals surface area contributed by atoms with Crippen LogP contribution in [0.1, 0.15) is 5.56 Å². The highest BCUT2D eigenvalue weighted by Crippen LogP contribution is 2.23. The van der Waals surface area contributed by atoms with Crippen molar-refractivity contribution in [2.75, 3.05) is 31.4 Å². The van der Waals surface area contributed by atoms with E-state index in [4.69, 9.17) is 9.57 Å². The summed E-state index contributed by atoms with van der Waals surface area (Å²) in [7, 11) is 5.46. The number of para-hydroxylation sites is 2. The number of oxime groups is 1. The van der Waals surface area contributed by atoms with E-state index in [0.29, 0.717) is 11.4 Å². The van der Waals surface area contributed by atoms with Crippen molar-refractivity contribution in [1.29, 1.82) is 0 Å². The number of hydrogen-bond acceptors (Lipinski definition) is 5. The molecule has 6 nitrogen and oxygen atoms in total. The van der Waals surface area contributed by atoms with Crippen LogP contribution in [0.25, 0.3) is 0 Å². The van der Waals surface area contributed by atoms with E-state index in [0.717, 1.165) is 11.3 Å². The molecule has 0 unspecified atom stereocenters. The summed E-state index contributed by atoms with van der Waals surface area (Å²) in [6, 6.07) is 14.7. The minimum Gasteiger partial charge on any atom is -0.495 e.